The molecule has 152 valence electrons. The van der Waals surface area contributed by atoms with Gasteiger partial charge in [0.2, 0.25) is 5.95 Å². The second-order valence-electron chi connectivity index (χ2n) is 8.32. The molecule has 8 heteroatoms. The fourth-order valence-electron chi connectivity index (χ4n) is 3.43. The fraction of sp³-hybridized carbons (Fsp3) is 0.600. The maximum atomic E-state index is 12.9. The highest BCUT2D eigenvalue weighted by Gasteiger charge is 2.23. The summed E-state index contributed by atoms with van der Waals surface area (Å²) in [7, 11) is 0. The smallest absolute Gasteiger partial charge is 0.266 e. The molecule has 0 bridgehead atoms. The highest BCUT2D eigenvalue weighted by molar-refractivity contribution is 5.22. The van der Waals surface area contributed by atoms with E-state index in [1.165, 1.54) is 6.42 Å². The molecule has 1 unspecified atom stereocenters. The van der Waals surface area contributed by atoms with Crippen molar-refractivity contribution in [3.8, 4) is 0 Å². The normalized spacial score (nSPS) is 18.2. The second kappa shape index (κ2) is 8.77. The van der Waals surface area contributed by atoms with Gasteiger partial charge in [-0.15, -0.1) is 0 Å². The molecular formula is C20H29FN6O. The molecule has 3 rings (SSSR count). The van der Waals surface area contributed by atoms with E-state index in [1.54, 1.807) is 10.7 Å². The van der Waals surface area contributed by atoms with E-state index in [-0.39, 0.29) is 11.0 Å². The zero-order valence-electron chi connectivity index (χ0n) is 16.9. The third kappa shape index (κ3) is 5.34. The van der Waals surface area contributed by atoms with Crippen molar-refractivity contribution in [2.75, 3.05) is 25.0 Å². The highest BCUT2D eigenvalue weighted by atomic mass is 19.1. The lowest BCUT2D eigenvalue weighted by Crippen LogP contribution is -2.46. The van der Waals surface area contributed by atoms with Crippen LogP contribution in [0, 0.1) is 5.82 Å². The molecule has 28 heavy (non-hydrogen) atoms. The Morgan fingerprint density at radius 1 is 1.18 bits per heavy atom. The molecule has 1 atom stereocenters. The third-order valence-electron chi connectivity index (χ3n) is 5.10. The average Bonchev–Trinajstić information content (AvgIpc) is 2.66. The van der Waals surface area contributed by atoms with Crippen molar-refractivity contribution in [2.24, 2.45) is 0 Å². The van der Waals surface area contributed by atoms with E-state index in [9.17, 15) is 9.18 Å². The fourth-order valence-corrected chi connectivity index (χ4v) is 3.43. The average molecular weight is 388 g/mol. The van der Waals surface area contributed by atoms with Crippen LogP contribution in [0.1, 0.15) is 45.7 Å². The van der Waals surface area contributed by atoms with E-state index < -0.39 is 5.82 Å². The van der Waals surface area contributed by atoms with Gasteiger partial charge in [-0.2, -0.15) is 5.10 Å². The van der Waals surface area contributed by atoms with Gasteiger partial charge in [0.1, 0.15) is 0 Å². The summed E-state index contributed by atoms with van der Waals surface area (Å²) in [5.41, 5.74) is 0.749. The quantitative estimate of drug-likeness (QED) is 0.819. The van der Waals surface area contributed by atoms with Crippen molar-refractivity contribution < 1.29 is 4.39 Å². The summed E-state index contributed by atoms with van der Waals surface area (Å²) in [6, 6.07) is 3.74. The third-order valence-corrected chi connectivity index (χ3v) is 5.10. The molecule has 3 heterocycles. The SMILES string of the molecule is CC(C)(C)c1ccc(=O)n(CCN2CCCCC2CNc2ncc(F)cn2)n1. The summed E-state index contributed by atoms with van der Waals surface area (Å²) in [6.45, 7) is 9.28. The standard InChI is InChI=1S/C20H29FN6O/c1-20(2,3)17-7-8-18(28)27(25-17)11-10-26-9-5-4-6-16(26)14-24-19-22-12-15(21)13-23-19/h7-8,12-13,16H,4-6,9-11,14H2,1-3H3,(H,22,23,24). The van der Waals surface area contributed by atoms with Gasteiger partial charge in [0.05, 0.1) is 24.6 Å². The van der Waals surface area contributed by atoms with E-state index in [2.05, 4.69) is 46.1 Å². The molecule has 2 aromatic rings. The first kappa shape index (κ1) is 20.4. The molecule has 0 aliphatic carbocycles. The van der Waals surface area contributed by atoms with Gasteiger partial charge in [0.25, 0.3) is 5.56 Å². The Bertz CT molecular complexity index is 830. The minimum Gasteiger partial charge on any atom is -0.353 e. The zero-order chi connectivity index (χ0) is 20.1. The molecule has 0 radical (unpaired) electrons. The number of aromatic nitrogens is 4. The van der Waals surface area contributed by atoms with Gasteiger partial charge in [0.15, 0.2) is 5.82 Å². The summed E-state index contributed by atoms with van der Waals surface area (Å²) in [4.78, 5) is 22.5. The molecular weight excluding hydrogens is 359 g/mol. The van der Waals surface area contributed by atoms with E-state index in [4.69, 9.17) is 0 Å². The van der Waals surface area contributed by atoms with Gasteiger partial charge < -0.3 is 5.32 Å². The topological polar surface area (TPSA) is 75.9 Å². The number of anilines is 1. The van der Waals surface area contributed by atoms with Crippen molar-refractivity contribution in [3.05, 3.63) is 46.4 Å². The molecule has 0 saturated carbocycles. The molecule has 1 aliphatic rings. The van der Waals surface area contributed by atoms with Crippen LogP contribution in [-0.2, 0) is 12.0 Å². The maximum absolute atomic E-state index is 12.9. The van der Waals surface area contributed by atoms with Crippen LogP contribution in [0.4, 0.5) is 10.3 Å². The first-order valence-electron chi connectivity index (χ1n) is 9.87. The minimum absolute atomic E-state index is 0.0700. The Labute approximate surface area is 165 Å². The van der Waals surface area contributed by atoms with Crippen LogP contribution in [0.25, 0.3) is 0 Å². The monoisotopic (exact) mass is 388 g/mol. The molecule has 1 fully saturated rings. The summed E-state index contributed by atoms with van der Waals surface area (Å²) in [5, 5.41) is 7.76. The molecule has 0 amide bonds. The van der Waals surface area contributed by atoms with Gasteiger partial charge in [0, 0.05) is 30.6 Å². The molecule has 1 saturated heterocycles. The van der Waals surface area contributed by atoms with E-state index in [0.29, 0.717) is 25.1 Å². The highest BCUT2D eigenvalue weighted by Crippen LogP contribution is 2.19. The number of piperidine rings is 1. The Morgan fingerprint density at radius 3 is 2.64 bits per heavy atom. The van der Waals surface area contributed by atoms with Crippen molar-refractivity contribution in [1.29, 1.82) is 0 Å². The van der Waals surface area contributed by atoms with Gasteiger partial charge >= 0.3 is 0 Å². The van der Waals surface area contributed by atoms with Crippen LogP contribution in [0.3, 0.4) is 0 Å². The largest absolute Gasteiger partial charge is 0.353 e. The van der Waals surface area contributed by atoms with Crippen LogP contribution >= 0.6 is 0 Å². The van der Waals surface area contributed by atoms with Crippen molar-refractivity contribution >= 4 is 5.95 Å². The number of nitrogens with zero attached hydrogens (tertiary/aromatic N) is 5. The predicted molar refractivity (Wildman–Crippen MR) is 107 cm³/mol. The lowest BCUT2D eigenvalue weighted by Gasteiger charge is -2.35. The van der Waals surface area contributed by atoms with Gasteiger partial charge in [-0.3, -0.25) is 9.69 Å². The van der Waals surface area contributed by atoms with Crippen LogP contribution in [0.15, 0.2) is 29.3 Å². The van der Waals surface area contributed by atoms with E-state index in [0.717, 1.165) is 44.0 Å². The van der Waals surface area contributed by atoms with Crippen molar-refractivity contribution in [1.82, 2.24) is 24.6 Å². The van der Waals surface area contributed by atoms with Crippen molar-refractivity contribution in [2.45, 2.75) is 58.0 Å². The summed E-state index contributed by atoms with van der Waals surface area (Å²) >= 11 is 0. The van der Waals surface area contributed by atoms with Crippen LogP contribution in [0.2, 0.25) is 0 Å². The van der Waals surface area contributed by atoms with Gasteiger partial charge in [-0.1, -0.05) is 27.2 Å². The molecule has 0 aromatic carbocycles. The Morgan fingerprint density at radius 2 is 1.93 bits per heavy atom. The molecule has 2 aromatic heterocycles. The summed E-state index contributed by atoms with van der Waals surface area (Å²) in [6.07, 6.45) is 5.71. The second-order valence-corrected chi connectivity index (χ2v) is 8.32. The number of halogens is 1. The van der Waals surface area contributed by atoms with Gasteiger partial charge in [-0.25, -0.2) is 19.0 Å². The first-order valence-corrected chi connectivity index (χ1v) is 9.87. The lowest BCUT2D eigenvalue weighted by atomic mass is 9.92. The van der Waals surface area contributed by atoms with Gasteiger partial charge in [-0.05, 0) is 25.5 Å². The van der Waals surface area contributed by atoms with Crippen molar-refractivity contribution in [3.63, 3.8) is 0 Å². The maximum Gasteiger partial charge on any atom is 0.266 e. The summed E-state index contributed by atoms with van der Waals surface area (Å²) in [5.74, 6) is -0.0111. The minimum atomic E-state index is -0.444. The van der Waals surface area contributed by atoms with E-state index >= 15 is 0 Å². The molecule has 1 aliphatic heterocycles. The summed E-state index contributed by atoms with van der Waals surface area (Å²) < 4.78 is 14.5. The van der Waals surface area contributed by atoms with Crippen LogP contribution < -0.4 is 10.9 Å². The number of rotatable bonds is 6. The van der Waals surface area contributed by atoms with Crippen LogP contribution in [-0.4, -0.2) is 50.3 Å². The Balaban J connectivity index is 1.62. The first-order chi connectivity index (χ1) is 13.3. The lowest BCUT2D eigenvalue weighted by molar-refractivity contribution is 0.147. The molecule has 1 N–H and O–H groups in total. The number of nitrogens with one attached hydrogen (secondary N) is 1. The molecule has 7 nitrogen and oxygen atoms in total. The zero-order valence-corrected chi connectivity index (χ0v) is 16.9. The molecule has 0 spiro atoms. The predicted octanol–water partition coefficient (Wildman–Crippen LogP) is 2.44. The van der Waals surface area contributed by atoms with E-state index in [1.807, 2.05) is 6.07 Å². The number of hydrogen-bond donors (Lipinski definition) is 1. The Hall–Kier alpha value is -2.35. The van der Waals surface area contributed by atoms with Crippen LogP contribution in [0.5, 0.6) is 0 Å². The Kier molecular flexibility index (Phi) is 6.39. The number of hydrogen-bond acceptors (Lipinski definition) is 6. The number of likely N-dealkylation sites (tertiary alicyclic amines) is 1.